The van der Waals surface area contributed by atoms with Crippen LogP contribution >= 0.6 is 0 Å². The first kappa shape index (κ1) is 10.7. The van der Waals surface area contributed by atoms with E-state index in [0.717, 1.165) is 17.0 Å². The van der Waals surface area contributed by atoms with Crippen molar-refractivity contribution in [2.75, 3.05) is 0 Å². The average Bonchev–Trinajstić information content (AvgIpc) is 2.31. The van der Waals surface area contributed by atoms with Crippen molar-refractivity contribution in [3.8, 4) is 0 Å². The second-order valence-electron chi connectivity index (χ2n) is 3.59. The third kappa shape index (κ3) is 2.24. The zero-order valence-electron chi connectivity index (χ0n) is 9.09. The SMILES string of the molecule is Cc1cccc(C(NN)c2cccnc2)n1. The highest BCUT2D eigenvalue weighted by atomic mass is 15.2. The van der Waals surface area contributed by atoms with E-state index in [9.17, 15) is 0 Å². The van der Waals surface area contributed by atoms with Crippen LogP contribution in [-0.4, -0.2) is 9.97 Å². The third-order valence-corrected chi connectivity index (χ3v) is 2.39. The van der Waals surface area contributed by atoms with Gasteiger partial charge in [-0.05, 0) is 30.7 Å². The quantitative estimate of drug-likeness (QED) is 0.597. The monoisotopic (exact) mass is 214 g/mol. The lowest BCUT2D eigenvalue weighted by molar-refractivity contribution is 0.617. The largest absolute Gasteiger partial charge is 0.271 e. The lowest BCUT2D eigenvalue weighted by atomic mass is 10.1. The molecule has 0 amide bonds. The molecule has 0 spiro atoms. The van der Waals surface area contributed by atoms with Crippen molar-refractivity contribution >= 4 is 0 Å². The highest BCUT2D eigenvalue weighted by molar-refractivity contribution is 5.25. The summed E-state index contributed by atoms with van der Waals surface area (Å²) in [6, 6.07) is 9.62. The van der Waals surface area contributed by atoms with Gasteiger partial charge in [0.25, 0.3) is 0 Å². The van der Waals surface area contributed by atoms with E-state index in [4.69, 9.17) is 5.84 Å². The molecule has 2 heterocycles. The molecule has 0 radical (unpaired) electrons. The summed E-state index contributed by atoms with van der Waals surface area (Å²) in [5, 5.41) is 0. The lowest BCUT2D eigenvalue weighted by Gasteiger charge is -2.15. The molecular formula is C12H14N4. The second kappa shape index (κ2) is 4.83. The molecule has 0 aliphatic rings. The van der Waals surface area contributed by atoms with Gasteiger partial charge in [-0.15, -0.1) is 0 Å². The van der Waals surface area contributed by atoms with Gasteiger partial charge in [0, 0.05) is 18.1 Å². The molecule has 0 bridgehead atoms. The standard InChI is InChI=1S/C12H14N4/c1-9-4-2-6-11(15-9)12(16-13)10-5-3-7-14-8-10/h2-8,12,16H,13H2,1H3. The first-order valence-corrected chi connectivity index (χ1v) is 5.11. The van der Waals surface area contributed by atoms with Crippen molar-refractivity contribution in [3.05, 3.63) is 59.7 Å². The van der Waals surface area contributed by atoms with Crippen LogP contribution in [0.4, 0.5) is 0 Å². The number of nitrogens with two attached hydrogens (primary N) is 1. The molecule has 0 aromatic carbocycles. The average molecular weight is 214 g/mol. The summed E-state index contributed by atoms with van der Waals surface area (Å²) in [5.74, 6) is 5.57. The molecule has 3 N–H and O–H groups in total. The van der Waals surface area contributed by atoms with Crippen LogP contribution in [0.1, 0.15) is 23.0 Å². The van der Waals surface area contributed by atoms with Crippen molar-refractivity contribution in [2.24, 2.45) is 5.84 Å². The van der Waals surface area contributed by atoms with Crippen molar-refractivity contribution in [3.63, 3.8) is 0 Å². The molecule has 0 saturated carbocycles. The van der Waals surface area contributed by atoms with Crippen molar-refractivity contribution in [1.82, 2.24) is 15.4 Å². The van der Waals surface area contributed by atoms with E-state index in [1.807, 2.05) is 37.3 Å². The van der Waals surface area contributed by atoms with Crippen LogP contribution in [0, 0.1) is 6.92 Å². The summed E-state index contributed by atoms with van der Waals surface area (Å²) in [4.78, 5) is 8.53. The first-order valence-electron chi connectivity index (χ1n) is 5.11. The highest BCUT2D eigenvalue weighted by Gasteiger charge is 2.13. The van der Waals surface area contributed by atoms with E-state index >= 15 is 0 Å². The number of aromatic nitrogens is 2. The van der Waals surface area contributed by atoms with Gasteiger partial charge in [0.1, 0.15) is 0 Å². The molecular weight excluding hydrogens is 200 g/mol. The Morgan fingerprint density at radius 3 is 2.75 bits per heavy atom. The summed E-state index contributed by atoms with van der Waals surface area (Å²) in [5.41, 5.74) is 5.63. The van der Waals surface area contributed by atoms with E-state index in [1.165, 1.54) is 0 Å². The van der Waals surface area contributed by atoms with Gasteiger partial charge in [0.05, 0.1) is 11.7 Å². The molecule has 1 atom stereocenters. The van der Waals surface area contributed by atoms with Gasteiger partial charge in [-0.1, -0.05) is 12.1 Å². The molecule has 4 heteroatoms. The Morgan fingerprint density at radius 2 is 2.12 bits per heavy atom. The van der Waals surface area contributed by atoms with Crippen molar-refractivity contribution in [1.29, 1.82) is 0 Å². The molecule has 0 aliphatic heterocycles. The summed E-state index contributed by atoms with van der Waals surface area (Å²) in [7, 11) is 0. The van der Waals surface area contributed by atoms with Crippen LogP contribution in [-0.2, 0) is 0 Å². The summed E-state index contributed by atoms with van der Waals surface area (Å²) in [6.45, 7) is 1.96. The second-order valence-corrected chi connectivity index (χ2v) is 3.59. The normalized spacial score (nSPS) is 12.4. The maximum Gasteiger partial charge on any atom is 0.0896 e. The van der Waals surface area contributed by atoms with E-state index in [2.05, 4.69) is 15.4 Å². The van der Waals surface area contributed by atoms with Crippen LogP contribution in [0.5, 0.6) is 0 Å². The van der Waals surface area contributed by atoms with E-state index in [0.29, 0.717) is 0 Å². The van der Waals surface area contributed by atoms with Gasteiger partial charge < -0.3 is 0 Å². The molecule has 0 saturated heterocycles. The van der Waals surface area contributed by atoms with Gasteiger partial charge in [-0.2, -0.15) is 0 Å². The van der Waals surface area contributed by atoms with Crippen molar-refractivity contribution in [2.45, 2.75) is 13.0 Å². The number of rotatable bonds is 3. The first-order chi connectivity index (χ1) is 7.81. The molecule has 2 rings (SSSR count). The molecule has 2 aromatic rings. The highest BCUT2D eigenvalue weighted by Crippen LogP contribution is 2.18. The predicted octanol–water partition coefficient (Wildman–Crippen LogP) is 1.34. The molecule has 0 fully saturated rings. The molecule has 2 aromatic heterocycles. The summed E-state index contributed by atoms with van der Waals surface area (Å²) < 4.78 is 0. The fraction of sp³-hybridized carbons (Fsp3) is 0.167. The van der Waals surface area contributed by atoms with E-state index in [1.54, 1.807) is 12.4 Å². The molecule has 16 heavy (non-hydrogen) atoms. The molecule has 82 valence electrons. The van der Waals surface area contributed by atoms with Gasteiger partial charge in [0.15, 0.2) is 0 Å². The maximum absolute atomic E-state index is 5.57. The Morgan fingerprint density at radius 1 is 1.25 bits per heavy atom. The Labute approximate surface area is 94.5 Å². The third-order valence-electron chi connectivity index (χ3n) is 2.39. The topological polar surface area (TPSA) is 63.8 Å². The van der Waals surface area contributed by atoms with Gasteiger partial charge in [-0.3, -0.25) is 15.8 Å². The maximum atomic E-state index is 5.57. The van der Waals surface area contributed by atoms with Gasteiger partial charge in [0.2, 0.25) is 0 Å². The number of hydrogen-bond acceptors (Lipinski definition) is 4. The lowest BCUT2D eigenvalue weighted by Crippen LogP contribution is -2.29. The number of pyridine rings is 2. The molecule has 4 nitrogen and oxygen atoms in total. The fourth-order valence-electron chi connectivity index (χ4n) is 1.62. The minimum atomic E-state index is -0.117. The van der Waals surface area contributed by atoms with Gasteiger partial charge >= 0.3 is 0 Å². The number of hydrazine groups is 1. The van der Waals surface area contributed by atoms with E-state index < -0.39 is 0 Å². The van der Waals surface area contributed by atoms with Crippen LogP contribution in [0.15, 0.2) is 42.7 Å². The van der Waals surface area contributed by atoms with Crippen LogP contribution in [0.25, 0.3) is 0 Å². The Kier molecular flexibility index (Phi) is 3.24. The van der Waals surface area contributed by atoms with Crippen LogP contribution in [0.2, 0.25) is 0 Å². The zero-order valence-corrected chi connectivity index (χ0v) is 9.09. The van der Waals surface area contributed by atoms with Crippen LogP contribution < -0.4 is 11.3 Å². The number of nitrogens with one attached hydrogen (secondary N) is 1. The minimum absolute atomic E-state index is 0.117. The number of aryl methyl sites for hydroxylation is 1. The fourth-order valence-corrected chi connectivity index (χ4v) is 1.62. The smallest absolute Gasteiger partial charge is 0.0896 e. The minimum Gasteiger partial charge on any atom is -0.271 e. The Hall–Kier alpha value is -1.78. The predicted molar refractivity (Wildman–Crippen MR) is 62.4 cm³/mol. The van der Waals surface area contributed by atoms with Crippen molar-refractivity contribution < 1.29 is 0 Å². The van der Waals surface area contributed by atoms with Crippen LogP contribution in [0.3, 0.4) is 0 Å². The number of hydrogen-bond donors (Lipinski definition) is 2. The summed E-state index contributed by atoms with van der Waals surface area (Å²) in [6.07, 6.45) is 3.52. The summed E-state index contributed by atoms with van der Waals surface area (Å²) >= 11 is 0. The Bertz CT molecular complexity index is 456. The zero-order chi connectivity index (χ0) is 11.4. The van der Waals surface area contributed by atoms with Gasteiger partial charge in [-0.25, -0.2) is 5.43 Å². The van der Waals surface area contributed by atoms with E-state index in [-0.39, 0.29) is 6.04 Å². The number of nitrogens with zero attached hydrogens (tertiary/aromatic N) is 2. The molecule has 1 unspecified atom stereocenters. The Balaban J connectivity index is 2.37. The molecule has 0 aliphatic carbocycles.